The van der Waals surface area contributed by atoms with Crippen LogP contribution in [-0.2, 0) is 10.2 Å². The molecule has 8 heteroatoms. The second kappa shape index (κ2) is 6.67. The summed E-state index contributed by atoms with van der Waals surface area (Å²) in [5, 5.41) is 3.07. The van der Waals surface area contributed by atoms with Crippen LogP contribution in [-0.4, -0.2) is 39.4 Å². The minimum atomic E-state index is -3.86. The van der Waals surface area contributed by atoms with Crippen LogP contribution in [0.1, 0.15) is 12.8 Å². The fourth-order valence-electron chi connectivity index (χ4n) is 2.42. The standard InChI is InChI=1S/C13H19F2N3O2S/c1-16-9-10-4-6-18(7-5-10)21(19,20)17-13-8-11(14)2-3-12(13)15/h2-3,8,10,16-17H,4-7,9H2,1H3. The summed E-state index contributed by atoms with van der Waals surface area (Å²) >= 11 is 0. The Morgan fingerprint density at radius 2 is 1.95 bits per heavy atom. The van der Waals surface area contributed by atoms with Gasteiger partial charge in [0, 0.05) is 19.2 Å². The van der Waals surface area contributed by atoms with E-state index in [-0.39, 0.29) is 5.69 Å². The summed E-state index contributed by atoms with van der Waals surface area (Å²) in [5.74, 6) is -1.06. The zero-order valence-corrected chi connectivity index (χ0v) is 12.6. The Morgan fingerprint density at radius 3 is 2.57 bits per heavy atom. The van der Waals surface area contributed by atoms with E-state index in [4.69, 9.17) is 0 Å². The Labute approximate surface area is 123 Å². The van der Waals surface area contributed by atoms with Gasteiger partial charge in [-0.05, 0) is 44.5 Å². The number of rotatable bonds is 5. The highest BCUT2D eigenvalue weighted by Gasteiger charge is 2.28. The molecule has 0 aliphatic carbocycles. The Kier molecular flexibility index (Phi) is 5.13. The quantitative estimate of drug-likeness (QED) is 0.866. The van der Waals surface area contributed by atoms with Crippen LogP contribution in [0.25, 0.3) is 0 Å². The first-order valence-corrected chi connectivity index (χ1v) is 8.24. The highest BCUT2D eigenvalue weighted by atomic mass is 32.2. The van der Waals surface area contributed by atoms with Crippen molar-refractivity contribution in [3.8, 4) is 0 Å². The van der Waals surface area contributed by atoms with Crippen molar-refractivity contribution >= 4 is 15.9 Å². The monoisotopic (exact) mass is 319 g/mol. The topological polar surface area (TPSA) is 61.4 Å². The van der Waals surface area contributed by atoms with E-state index < -0.39 is 21.8 Å². The minimum absolute atomic E-state index is 0.368. The van der Waals surface area contributed by atoms with Gasteiger partial charge < -0.3 is 5.32 Å². The molecule has 0 amide bonds. The first-order chi connectivity index (χ1) is 9.92. The number of nitrogens with one attached hydrogen (secondary N) is 2. The van der Waals surface area contributed by atoms with Crippen LogP contribution in [0, 0.1) is 17.6 Å². The van der Waals surface area contributed by atoms with Crippen molar-refractivity contribution in [3.05, 3.63) is 29.8 Å². The molecule has 118 valence electrons. The first kappa shape index (κ1) is 16.1. The van der Waals surface area contributed by atoms with E-state index in [9.17, 15) is 17.2 Å². The van der Waals surface area contributed by atoms with Gasteiger partial charge in [0.05, 0.1) is 5.69 Å². The number of nitrogens with zero attached hydrogens (tertiary/aromatic N) is 1. The summed E-state index contributed by atoms with van der Waals surface area (Å²) in [7, 11) is -2.00. The minimum Gasteiger partial charge on any atom is -0.319 e. The van der Waals surface area contributed by atoms with Gasteiger partial charge in [-0.15, -0.1) is 0 Å². The van der Waals surface area contributed by atoms with Crippen molar-refractivity contribution in [1.82, 2.24) is 9.62 Å². The third kappa shape index (κ3) is 4.12. The van der Waals surface area contributed by atoms with Crippen LogP contribution in [0.4, 0.5) is 14.5 Å². The summed E-state index contributed by atoms with van der Waals surface area (Å²) in [6.07, 6.45) is 1.49. The molecule has 0 radical (unpaired) electrons. The summed E-state index contributed by atoms with van der Waals surface area (Å²) in [5.41, 5.74) is -0.368. The first-order valence-electron chi connectivity index (χ1n) is 6.80. The van der Waals surface area contributed by atoms with E-state index in [1.165, 1.54) is 4.31 Å². The lowest BCUT2D eigenvalue weighted by Gasteiger charge is -2.31. The van der Waals surface area contributed by atoms with Gasteiger partial charge in [0.25, 0.3) is 0 Å². The molecule has 2 rings (SSSR count). The van der Waals surface area contributed by atoms with Gasteiger partial charge in [0.2, 0.25) is 0 Å². The van der Waals surface area contributed by atoms with Crippen LogP contribution >= 0.6 is 0 Å². The second-order valence-electron chi connectivity index (χ2n) is 5.13. The van der Waals surface area contributed by atoms with Gasteiger partial charge in [0.1, 0.15) is 11.6 Å². The molecule has 0 aromatic heterocycles. The van der Waals surface area contributed by atoms with Gasteiger partial charge in [0.15, 0.2) is 0 Å². The fraction of sp³-hybridized carbons (Fsp3) is 0.538. The fourth-order valence-corrected chi connectivity index (χ4v) is 3.68. The highest BCUT2D eigenvalue weighted by molar-refractivity contribution is 7.90. The van der Waals surface area contributed by atoms with Gasteiger partial charge in [-0.3, -0.25) is 4.72 Å². The zero-order valence-electron chi connectivity index (χ0n) is 11.8. The van der Waals surface area contributed by atoms with Crippen molar-refractivity contribution in [2.24, 2.45) is 5.92 Å². The summed E-state index contributed by atoms with van der Waals surface area (Å²) in [6.45, 7) is 1.59. The number of halogens is 2. The molecule has 1 aliphatic heterocycles. The number of benzene rings is 1. The van der Waals surface area contributed by atoms with Crippen molar-refractivity contribution < 1.29 is 17.2 Å². The molecule has 21 heavy (non-hydrogen) atoms. The van der Waals surface area contributed by atoms with Crippen molar-refractivity contribution in [2.45, 2.75) is 12.8 Å². The van der Waals surface area contributed by atoms with E-state index in [2.05, 4.69) is 10.0 Å². The molecule has 0 unspecified atom stereocenters. The van der Waals surface area contributed by atoms with E-state index in [1.807, 2.05) is 7.05 Å². The van der Waals surface area contributed by atoms with E-state index in [0.717, 1.165) is 37.6 Å². The summed E-state index contributed by atoms with van der Waals surface area (Å²) in [6, 6.07) is 2.67. The molecule has 2 N–H and O–H groups in total. The van der Waals surface area contributed by atoms with E-state index >= 15 is 0 Å². The largest absolute Gasteiger partial charge is 0.319 e. The van der Waals surface area contributed by atoms with Crippen LogP contribution in [0.15, 0.2) is 18.2 Å². The maximum atomic E-state index is 13.5. The lowest BCUT2D eigenvalue weighted by atomic mass is 9.98. The molecular formula is C13H19F2N3O2S. The Bertz CT molecular complexity index is 587. The van der Waals surface area contributed by atoms with Gasteiger partial charge in [-0.25, -0.2) is 8.78 Å². The average Bonchev–Trinajstić information content (AvgIpc) is 2.44. The number of hydrogen-bond donors (Lipinski definition) is 2. The highest BCUT2D eigenvalue weighted by Crippen LogP contribution is 2.22. The number of hydrogen-bond acceptors (Lipinski definition) is 3. The Hall–Kier alpha value is -1.25. The van der Waals surface area contributed by atoms with Crippen LogP contribution in [0.2, 0.25) is 0 Å². The van der Waals surface area contributed by atoms with Gasteiger partial charge >= 0.3 is 10.2 Å². The molecule has 1 saturated heterocycles. The molecule has 1 heterocycles. The van der Waals surface area contributed by atoms with Crippen molar-refractivity contribution in [2.75, 3.05) is 31.4 Å². The molecule has 5 nitrogen and oxygen atoms in total. The normalized spacial score (nSPS) is 17.9. The van der Waals surface area contributed by atoms with E-state index in [1.54, 1.807) is 0 Å². The molecule has 0 bridgehead atoms. The van der Waals surface area contributed by atoms with Crippen molar-refractivity contribution in [3.63, 3.8) is 0 Å². The van der Waals surface area contributed by atoms with E-state index in [0.29, 0.717) is 19.0 Å². The summed E-state index contributed by atoms with van der Waals surface area (Å²) < 4.78 is 54.4. The van der Waals surface area contributed by atoms with Gasteiger partial charge in [-0.1, -0.05) is 0 Å². The summed E-state index contributed by atoms with van der Waals surface area (Å²) in [4.78, 5) is 0. The predicted octanol–water partition coefficient (Wildman–Crippen LogP) is 1.55. The van der Waals surface area contributed by atoms with Crippen molar-refractivity contribution in [1.29, 1.82) is 0 Å². The van der Waals surface area contributed by atoms with Crippen LogP contribution in [0.3, 0.4) is 0 Å². The number of piperidine rings is 1. The SMILES string of the molecule is CNCC1CCN(S(=O)(=O)Nc2cc(F)ccc2F)CC1. The Morgan fingerprint density at radius 1 is 1.29 bits per heavy atom. The predicted molar refractivity (Wildman–Crippen MR) is 77.1 cm³/mol. The third-order valence-electron chi connectivity index (χ3n) is 3.57. The average molecular weight is 319 g/mol. The molecule has 0 spiro atoms. The van der Waals surface area contributed by atoms with Crippen LogP contribution < -0.4 is 10.0 Å². The maximum Gasteiger partial charge on any atom is 0.301 e. The second-order valence-corrected chi connectivity index (χ2v) is 6.80. The van der Waals surface area contributed by atoms with Crippen LogP contribution in [0.5, 0.6) is 0 Å². The zero-order chi connectivity index (χ0) is 15.5. The molecule has 1 aliphatic rings. The molecule has 1 fully saturated rings. The maximum absolute atomic E-state index is 13.5. The van der Waals surface area contributed by atoms with Gasteiger partial charge in [-0.2, -0.15) is 12.7 Å². The lowest BCUT2D eigenvalue weighted by molar-refractivity contribution is 0.272. The number of anilines is 1. The molecule has 0 atom stereocenters. The molecule has 1 aromatic carbocycles. The smallest absolute Gasteiger partial charge is 0.301 e. The Balaban J connectivity index is 2.04. The molecular weight excluding hydrogens is 300 g/mol. The molecule has 1 aromatic rings. The lowest BCUT2D eigenvalue weighted by Crippen LogP contribution is -2.43. The molecule has 0 saturated carbocycles. The third-order valence-corrected chi connectivity index (χ3v) is 5.10.